The average Bonchev–Trinajstić information content (AvgIpc) is 3.49. The second kappa shape index (κ2) is 10.7. The number of hydrogen-bond donors (Lipinski definition) is 1. The largest absolute Gasteiger partial charge is 0.388 e. The number of imide groups is 1. The molecule has 1 aromatic rings. The highest BCUT2D eigenvalue weighted by Crippen LogP contribution is 2.45. The molecule has 2 saturated heterocycles. The number of rotatable bonds is 13. The summed E-state index contributed by atoms with van der Waals surface area (Å²) in [5.41, 5.74) is 0.937. The molecular weight excluding hydrogens is 462 g/mol. The predicted octanol–water partition coefficient (Wildman–Crippen LogP) is 1.58. The average molecular weight is 494 g/mol. The molecule has 0 spiro atoms. The first-order chi connectivity index (χ1) is 16.3. The second-order valence-corrected chi connectivity index (χ2v) is 10.6. The van der Waals surface area contributed by atoms with Gasteiger partial charge in [-0.1, -0.05) is 42.7 Å². The third kappa shape index (κ3) is 5.41. The van der Waals surface area contributed by atoms with E-state index in [1.54, 1.807) is 12.1 Å². The summed E-state index contributed by atoms with van der Waals surface area (Å²) in [6, 6.07) is 6.28. The van der Waals surface area contributed by atoms with Gasteiger partial charge in [-0.25, -0.2) is 0 Å². The second-order valence-electron chi connectivity index (χ2n) is 9.02. The van der Waals surface area contributed by atoms with Crippen LogP contribution in [0.5, 0.6) is 0 Å². The number of carbonyl (C=O) groups excluding carboxylic acids is 2. The third-order valence-corrected chi connectivity index (χ3v) is 7.75. The zero-order chi connectivity index (χ0) is 24.3. The number of likely N-dealkylation sites (tertiary alicyclic amines) is 1. The van der Waals surface area contributed by atoms with Gasteiger partial charge in [-0.2, -0.15) is 8.42 Å². The van der Waals surface area contributed by atoms with Gasteiger partial charge in [0.05, 0.1) is 42.2 Å². The van der Waals surface area contributed by atoms with Gasteiger partial charge in [-0.3, -0.25) is 18.7 Å². The van der Waals surface area contributed by atoms with Crippen LogP contribution in [0.3, 0.4) is 0 Å². The van der Waals surface area contributed by atoms with Crippen molar-refractivity contribution >= 4 is 21.9 Å². The van der Waals surface area contributed by atoms with E-state index in [-0.39, 0.29) is 54.0 Å². The van der Waals surface area contributed by atoms with Crippen molar-refractivity contribution in [3.63, 3.8) is 0 Å². The van der Waals surface area contributed by atoms with Crippen molar-refractivity contribution in [1.82, 2.24) is 4.90 Å². The van der Waals surface area contributed by atoms with Crippen LogP contribution in [-0.2, 0) is 33.4 Å². The summed E-state index contributed by atoms with van der Waals surface area (Å²) in [5, 5.41) is 9.93. The number of unbranched alkanes of at least 4 members (excludes halogenated alkanes) is 3. The Bertz CT molecular complexity index is 992. The maximum Gasteiger partial charge on any atom is 0.297 e. The highest BCUT2D eigenvalue weighted by atomic mass is 32.2. The molecule has 0 unspecified atom stereocenters. The quantitative estimate of drug-likeness (QED) is 0.190. The van der Waals surface area contributed by atoms with E-state index in [1.165, 1.54) is 17.0 Å². The first kappa shape index (κ1) is 25.0. The fourth-order valence-electron chi connectivity index (χ4n) is 4.62. The van der Waals surface area contributed by atoms with Gasteiger partial charge in [0, 0.05) is 13.2 Å². The molecule has 2 amide bonds. The molecule has 1 N–H and O–H groups in total. The Kier molecular flexibility index (Phi) is 7.83. The molecule has 2 bridgehead atoms. The first-order valence-electron chi connectivity index (χ1n) is 11.7. The lowest BCUT2D eigenvalue weighted by Crippen LogP contribution is -2.35. The molecule has 3 aliphatic rings. The number of aryl methyl sites for hydroxylation is 1. The number of aliphatic hydroxyl groups excluding tert-OH is 1. The zero-order valence-electron chi connectivity index (χ0n) is 19.2. The first-order valence-corrected chi connectivity index (χ1v) is 13.1. The molecule has 0 radical (unpaired) electrons. The van der Waals surface area contributed by atoms with Gasteiger partial charge in [0.2, 0.25) is 11.8 Å². The number of ether oxygens (including phenoxy) is 2. The number of aliphatic hydroxyl groups is 1. The normalized spacial score (nSPS) is 26.5. The zero-order valence-corrected chi connectivity index (χ0v) is 20.0. The topological polar surface area (TPSA) is 119 Å². The molecule has 3 heterocycles. The van der Waals surface area contributed by atoms with Crippen LogP contribution in [0.25, 0.3) is 0 Å². The summed E-state index contributed by atoms with van der Waals surface area (Å²) >= 11 is 0. The number of carbonyl (C=O) groups is 2. The van der Waals surface area contributed by atoms with Crippen LogP contribution in [-0.4, -0.2) is 74.9 Å². The van der Waals surface area contributed by atoms with Crippen LogP contribution < -0.4 is 0 Å². The summed E-state index contributed by atoms with van der Waals surface area (Å²) in [6.45, 7) is 2.30. The molecule has 0 saturated carbocycles. The molecule has 2 fully saturated rings. The van der Waals surface area contributed by atoms with Crippen molar-refractivity contribution in [3.8, 4) is 0 Å². The minimum absolute atomic E-state index is 0.0264. The Morgan fingerprint density at radius 2 is 1.59 bits per heavy atom. The molecule has 5 atom stereocenters. The number of benzene rings is 1. The molecule has 34 heavy (non-hydrogen) atoms. The highest BCUT2D eigenvalue weighted by molar-refractivity contribution is 7.86. The minimum atomic E-state index is -3.92. The van der Waals surface area contributed by atoms with Crippen molar-refractivity contribution in [2.45, 2.75) is 55.8 Å². The van der Waals surface area contributed by atoms with Gasteiger partial charge < -0.3 is 14.6 Å². The van der Waals surface area contributed by atoms with E-state index in [0.717, 1.165) is 31.2 Å². The van der Waals surface area contributed by atoms with Crippen molar-refractivity contribution < 1.29 is 36.8 Å². The Balaban J connectivity index is 1.05. The predicted molar refractivity (Wildman–Crippen MR) is 121 cm³/mol. The summed E-state index contributed by atoms with van der Waals surface area (Å²) < 4.78 is 40.2. The molecule has 0 aromatic heterocycles. The fraction of sp³-hybridized carbons (Fsp3) is 0.583. The molecular formula is C24H31NO8S. The molecule has 4 rings (SSSR count). The van der Waals surface area contributed by atoms with Crippen LogP contribution in [0.1, 0.15) is 31.2 Å². The molecule has 1 aromatic carbocycles. The van der Waals surface area contributed by atoms with Gasteiger partial charge in [0.15, 0.2) is 0 Å². The summed E-state index contributed by atoms with van der Waals surface area (Å²) in [5.74, 6) is -0.928. The third-order valence-electron chi connectivity index (χ3n) is 6.46. The highest BCUT2D eigenvalue weighted by Gasteiger charge is 2.60. The molecule has 3 aliphatic heterocycles. The number of hydrogen-bond acceptors (Lipinski definition) is 8. The van der Waals surface area contributed by atoms with Gasteiger partial charge in [0.1, 0.15) is 6.10 Å². The standard InChI is InChI=1S/C24H31NO8S/c1-16-6-8-18(9-7-16)34(29,30)32-15-17(26)14-31-13-5-3-2-4-12-25-23(27)21-19-10-11-20(33-19)22(21)24(25)28/h6-11,17,19-22,26H,2-5,12-15H2,1H3/t17-,19-,20+,21-,22+/m0/s1. The van der Waals surface area contributed by atoms with E-state index in [4.69, 9.17) is 13.7 Å². The molecule has 9 nitrogen and oxygen atoms in total. The van der Waals surface area contributed by atoms with E-state index in [2.05, 4.69) is 0 Å². The Morgan fingerprint density at radius 1 is 0.971 bits per heavy atom. The summed E-state index contributed by atoms with van der Waals surface area (Å²) in [6.07, 6.45) is 5.39. The van der Waals surface area contributed by atoms with Gasteiger partial charge in [-0.15, -0.1) is 0 Å². The number of fused-ring (bicyclic) bond motifs is 5. The summed E-state index contributed by atoms with van der Waals surface area (Å²) in [4.78, 5) is 26.6. The maximum atomic E-state index is 12.6. The number of nitrogens with zero attached hydrogens (tertiary/aromatic N) is 1. The maximum absolute atomic E-state index is 12.6. The van der Waals surface area contributed by atoms with Crippen molar-refractivity contribution in [1.29, 1.82) is 0 Å². The van der Waals surface area contributed by atoms with Crippen molar-refractivity contribution in [3.05, 3.63) is 42.0 Å². The van der Waals surface area contributed by atoms with Crippen LogP contribution in [0, 0.1) is 18.8 Å². The Labute approximate surface area is 199 Å². The van der Waals surface area contributed by atoms with E-state index < -0.39 is 16.2 Å². The van der Waals surface area contributed by atoms with Gasteiger partial charge in [-0.05, 0) is 31.9 Å². The van der Waals surface area contributed by atoms with Crippen LogP contribution >= 0.6 is 0 Å². The van der Waals surface area contributed by atoms with E-state index in [1.807, 2.05) is 19.1 Å². The molecule has 186 valence electrons. The lowest BCUT2D eigenvalue weighted by atomic mass is 9.85. The van der Waals surface area contributed by atoms with Crippen molar-refractivity contribution in [2.75, 3.05) is 26.4 Å². The minimum Gasteiger partial charge on any atom is -0.388 e. The van der Waals surface area contributed by atoms with E-state index in [9.17, 15) is 23.1 Å². The fourth-order valence-corrected chi connectivity index (χ4v) is 5.56. The smallest absolute Gasteiger partial charge is 0.297 e. The van der Waals surface area contributed by atoms with E-state index >= 15 is 0 Å². The van der Waals surface area contributed by atoms with Gasteiger partial charge in [0.25, 0.3) is 10.1 Å². The SMILES string of the molecule is Cc1ccc(S(=O)(=O)OC[C@@H](O)COCCCCCCN2C(=O)[C@@H]3[C@H](C2=O)[C@H]2C=C[C@@H]3O2)cc1. The Hall–Kier alpha value is -2.11. The molecule has 0 aliphatic carbocycles. The monoisotopic (exact) mass is 493 g/mol. The van der Waals surface area contributed by atoms with Gasteiger partial charge >= 0.3 is 0 Å². The van der Waals surface area contributed by atoms with Crippen molar-refractivity contribution in [2.24, 2.45) is 11.8 Å². The Morgan fingerprint density at radius 3 is 2.24 bits per heavy atom. The number of amides is 2. The molecule has 10 heteroatoms. The van der Waals surface area contributed by atoms with E-state index in [0.29, 0.717) is 13.2 Å². The van der Waals surface area contributed by atoms with Crippen LogP contribution in [0.2, 0.25) is 0 Å². The lowest BCUT2D eigenvalue weighted by molar-refractivity contribution is -0.142. The van der Waals surface area contributed by atoms with Crippen LogP contribution in [0.15, 0.2) is 41.3 Å². The summed E-state index contributed by atoms with van der Waals surface area (Å²) in [7, 11) is -3.92. The van der Waals surface area contributed by atoms with Crippen LogP contribution in [0.4, 0.5) is 0 Å². The lowest BCUT2D eigenvalue weighted by Gasteiger charge is -2.17.